The van der Waals surface area contributed by atoms with Crippen LogP contribution in [-0.2, 0) is 13.0 Å². The second kappa shape index (κ2) is 6.74. The van der Waals surface area contributed by atoms with Crippen molar-refractivity contribution in [3.8, 4) is 0 Å². The summed E-state index contributed by atoms with van der Waals surface area (Å²) in [6, 6.07) is 0.545. The summed E-state index contributed by atoms with van der Waals surface area (Å²) < 4.78 is 2.00. The van der Waals surface area contributed by atoms with Crippen molar-refractivity contribution in [2.24, 2.45) is 0 Å². The van der Waals surface area contributed by atoms with Crippen LogP contribution in [0.1, 0.15) is 44.6 Å². The summed E-state index contributed by atoms with van der Waals surface area (Å²) in [6.45, 7) is 3.08. The van der Waals surface area contributed by atoms with Gasteiger partial charge < -0.3 is 5.32 Å². The van der Waals surface area contributed by atoms with E-state index in [1.807, 2.05) is 10.9 Å². The van der Waals surface area contributed by atoms with Crippen molar-refractivity contribution in [1.29, 1.82) is 0 Å². The maximum absolute atomic E-state index is 4.34. The van der Waals surface area contributed by atoms with E-state index in [4.69, 9.17) is 0 Å². The van der Waals surface area contributed by atoms with Gasteiger partial charge in [-0.05, 0) is 58.1 Å². The number of rotatable bonds is 6. The van der Waals surface area contributed by atoms with Gasteiger partial charge in [-0.2, -0.15) is 5.10 Å². The van der Waals surface area contributed by atoms with E-state index in [0.29, 0.717) is 6.04 Å². The van der Waals surface area contributed by atoms with Crippen molar-refractivity contribution in [2.75, 3.05) is 7.05 Å². The number of aryl methyl sites for hydroxylation is 1. The molecule has 0 aromatic carbocycles. The molecule has 1 atom stereocenters. The maximum Gasteiger partial charge on any atom is 0.0522 e. The quantitative estimate of drug-likeness (QED) is 0.783. The Kier molecular flexibility index (Phi) is 5.00. The second-order valence-corrected chi connectivity index (χ2v) is 5.21. The Balaban J connectivity index is 1.90. The molecule has 0 aliphatic heterocycles. The first-order valence-corrected chi connectivity index (χ1v) is 7.18. The zero-order valence-electron chi connectivity index (χ0n) is 11.7. The molecule has 1 aromatic heterocycles. The highest BCUT2D eigenvalue weighted by molar-refractivity contribution is 5.11. The predicted octanol–water partition coefficient (Wildman–Crippen LogP) is 2.92. The number of allylic oxidation sites excluding steroid dienone is 1. The highest BCUT2D eigenvalue weighted by Gasteiger charge is 2.12. The van der Waals surface area contributed by atoms with Gasteiger partial charge in [-0.15, -0.1) is 0 Å². The first-order valence-electron chi connectivity index (χ1n) is 7.18. The molecule has 2 rings (SSSR count). The molecule has 1 unspecified atom stereocenters. The molecule has 3 heteroatoms. The monoisotopic (exact) mass is 247 g/mol. The largest absolute Gasteiger partial charge is 0.316 e. The number of likely N-dealkylation sites (N-methyl/N-ethyl adjacent to an activating group) is 1. The standard InChI is InChI=1S/C15H25N3/c1-3-18-12-14(11-17-18)10-15(16-2)9-13-7-5-4-6-8-13/h7,11-12,15-16H,3-6,8-10H2,1-2H3. The molecule has 1 aromatic rings. The molecule has 0 saturated carbocycles. The Labute approximate surface area is 110 Å². The topological polar surface area (TPSA) is 29.9 Å². The zero-order valence-corrected chi connectivity index (χ0v) is 11.7. The van der Waals surface area contributed by atoms with Crippen molar-refractivity contribution in [3.63, 3.8) is 0 Å². The number of nitrogens with one attached hydrogen (secondary N) is 1. The Morgan fingerprint density at radius 2 is 2.28 bits per heavy atom. The van der Waals surface area contributed by atoms with E-state index < -0.39 is 0 Å². The summed E-state index contributed by atoms with van der Waals surface area (Å²) in [5.74, 6) is 0. The van der Waals surface area contributed by atoms with Crippen molar-refractivity contribution < 1.29 is 0 Å². The molecule has 0 bridgehead atoms. The molecule has 1 aliphatic carbocycles. The third kappa shape index (κ3) is 3.70. The molecular weight excluding hydrogens is 222 g/mol. The van der Waals surface area contributed by atoms with Gasteiger partial charge in [0.1, 0.15) is 0 Å². The number of aromatic nitrogens is 2. The summed E-state index contributed by atoms with van der Waals surface area (Å²) in [5.41, 5.74) is 2.98. The van der Waals surface area contributed by atoms with Crippen LogP contribution in [0.4, 0.5) is 0 Å². The van der Waals surface area contributed by atoms with E-state index in [1.165, 1.54) is 37.7 Å². The summed E-state index contributed by atoms with van der Waals surface area (Å²) in [7, 11) is 2.07. The normalized spacial score (nSPS) is 17.6. The Bertz CT molecular complexity index is 392. The average Bonchev–Trinajstić information content (AvgIpc) is 2.87. The maximum atomic E-state index is 4.34. The summed E-state index contributed by atoms with van der Waals surface area (Å²) in [5, 5.41) is 7.79. The number of hydrogen-bond donors (Lipinski definition) is 1. The van der Waals surface area contributed by atoms with E-state index >= 15 is 0 Å². The summed E-state index contributed by atoms with van der Waals surface area (Å²) in [4.78, 5) is 0. The van der Waals surface area contributed by atoms with E-state index in [-0.39, 0.29) is 0 Å². The van der Waals surface area contributed by atoms with Crippen molar-refractivity contribution >= 4 is 0 Å². The van der Waals surface area contributed by atoms with Gasteiger partial charge >= 0.3 is 0 Å². The molecule has 1 aliphatic rings. The SMILES string of the molecule is CCn1cc(CC(CC2=CCCCC2)NC)cn1. The third-order valence-electron chi connectivity index (χ3n) is 3.79. The smallest absolute Gasteiger partial charge is 0.0522 e. The lowest BCUT2D eigenvalue weighted by atomic mass is 9.92. The van der Waals surface area contributed by atoms with Crippen LogP contribution >= 0.6 is 0 Å². The van der Waals surface area contributed by atoms with E-state index in [2.05, 4.69) is 36.7 Å². The molecule has 1 N–H and O–H groups in total. The average molecular weight is 247 g/mol. The van der Waals surface area contributed by atoms with Crippen LogP contribution in [0.25, 0.3) is 0 Å². The van der Waals surface area contributed by atoms with Gasteiger partial charge in [0.05, 0.1) is 6.20 Å². The first kappa shape index (κ1) is 13.3. The lowest BCUT2D eigenvalue weighted by molar-refractivity contribution is 0.532. The predicted molar refractivity (Wildman–Crippen MR) is 75.6 cm³/mol. The Morgan fingerprint density at radius 3 is 2.89 bits per heavy atom. The molecule has 0 radical (unpaired) electrons. The third-order valence-corrected chi connectivity index (χ3v) is 3.79. The van der Waals surface area contributed by atoms with Crippen molar-refractivity contribution in [2.45, 2.75) is 58.0 Å². The summed E-state index contributed by atoms with van der Waals surface area (Å²) in [6.07, 6.45) is 14.2. The molecule has 3 nitrogen and oxygen atoms in total. The van der Waals surface area contributed by atoms with Gasteiger partial charge in [-0.1, -0.05) is 11.6 Å². The van der Waals surface area contributed by atoms with E-state index in [1.54, 1.807) is 5.57 Å². The fourth-order valence-electron chi connectivity index (χ4n) is 2.65. The first-order chi connectivity index (χ1) is 8.81. The fourth-order valence-corrected chi connectivity index (χ4v) is 2.65. The minimum Gasteiger partial charge on any atom is -0.316 e. The molecule has 18 heavy (non-hydrogen) atoms. The van der Waals surface area contributed by atoms with Gasteiger partial charge in [-0.3, -0.25) is 4.68 Å². The number of hydrogen-bond acceptors (Lipinski definition) is 2. The molecule has 1 heterocycles. The van der Waals surface area contributed by atoms with Crippen LogP contribution < -0.4 is 5.32 Å². The van der Waals surface area contributed by atoms with Crippen LogP contribution in [0.5, 0.6) is 0 Å². The molecule has 0 spiro atoms. The minimum atomic E-state index is 0.545. The minimum absolute atomic E-state index is 0.545. The van der Waals surface area contributed by atoms with Gasteiger partial charge in [0.15, 0.2) is 0 Å². The summed E-state index contributed by atoms with van der Waals surface area (Å²) >= 11 is 0. The highest BCUT2D eigenvalue weighted by atomic mass is 15.3. The fraction of sp³-hybridized carbons (Fsp3) is 0.667. The second-order valence-electron chi connectivity index (χ2n) is 5.21. The molecular formula is C15H25N3. The number of nitrogens with zero attached hydrogens (tertiary/aromatic N) is 2. The highest BCUT2D eigenvalue weighted by Crippen LogP contribution is 2.22. The van der Waals surface area contributed by atoms with Gasteiger partial charge in [0.25, 0.3) is 0 Å². The zero-order chi connectivity index (χ0) is 12.8. The van der Waals surface area contributed by atoms with Crippen LogP contribution in [0, 0.1) is 0 Å². The van der Waals surface area contributed by atoms with E-state index in [9.17, 15) is 0 Å². The van der Waals surface area contributed by atoms with E-state index in [0.717, 1.165) is 13.0 Å². The van der Waals surface area contributed by atoms with Crippen LogP contribution in [-0.4, -0.2) is 22.9 Å². The van der Waals surface area contributed by atoms with Gasteiger partial charge in [-0.25, -0.2) is 0 Å². The van der Waals surface area contributed by atoms with Crippen molar-refractivity contribution in [3.05, 3.63) is 29.6 Å². The Hall–Kier alpha value is -1.09. The molecule has 0 fully saturated rings. The van der Waals surface area contributed by atoms with Gasteiger partial charge in [0.2, 0.25) is 0 Å². The lowest BCUT2D eigenvalue weighted by Crippen LogP contribution is -2.28. The van der Waals surface area contributed by atoms with Crippen LogP contribution in [0.15, 0.2) is 24.0 Å². The lowest BCUT2D eigenvalue weighted by Gasteiger charge is -2.19. The van der Waals surface area contributed by atoms with Gasteiger partial charge in [0, 0.05) is 18.8 Å². The molecule has 0 amide bonds. The van der Waals surface area contributed by atoms with Crippen LogP contribution in [0.3, 0.4) is 0 Å². The Morgan fingerprint density at radius 1 is 1.39 bits per heavy atom. The molecule has 0 saturated heterocycles. The molecule has 100 valence electrons. The van der Waals surface area contributed by atoms with Crippen LogP contribution in [0.2, 0.25) is 0 Å². The van der Waals surface area contributed by atoms with Crippen molar-refractivity contribution in [1.82, 2.24) is 15.1 Å².